The monoisotopic (exact) mass is 576 g/mol. The first-order chi connectivity index (χ1) is 19.0. The number of unbranched alkanes of at least 4 members (excludes halogenated alkanes) is 12. The van der Waals surface area contributed by atoms with E-state index in [1.54, 1.807) is 0 Å². The normalized spacial score (nSPS) is 13.0. The molecule has 0 saturated heterocycles. The standard InChI is InChI=1S/C32H47BCl2O4/c1-3-5-7-9-11-13-15-17-25-19-27(31(36)29(34)21-25)23-37-33-38-24-28-20-26(22-30(35)32(28)39-33)18-16-14-12-10-8-6-4-2/h19-22,36H,3-18,23-24H2,1-2H3. The van der Waals surface area contributed by atoms with Crippen LogP contribution in [0.15, 0.2) is 24.3 Å². The van der Waals surface area contributed by atoms with Crippen LogP contribution in [-0.2, 0) is 35.4 Å². The molecular weight excluding hydrogens is 530 g/mol. The number of benzene rings is 2. The number of phenolic OH excluding ortho intramolecular Hbond substituents is 1. The Kier molecular flexibility index (Phi) is 14.9. The minimum absolute atomic E-state index is 0.0456. The Bertz CT molecular complexity index is 1000. The van der Waals surface area contributed by atoms with Gasteiger partial charge in [0.25, 0.3) is 0 Å². The van der Waals surface area contributed by atoms with E-state index in [1.165, 1.54) is 89.0 Å². The van der Waals surface area contributed by atoms with Gasteiger partial charge in [-0.15, -0.1) is 0 Å². The molecule has 0 aliphatic carbocycles. The summed E-state index contributed by atoms with van der Waals surface area (Å²) in [5.41, 5.74) is 3.91. The molecule has 0 amide bonds. The number of rotatable bonds is 19. The molecule has 0 unspecified atom stereocenters. The summed E-state index contributed by atoms with van der Waals surface area (Å²) in [5, 5.41) is 11.4. The molecule has 1 aliphatic heterocycles. The van der Waals surface area contributed by atoms with Crippen molar-refractivity contribution < 1.29 is 19.1 Å². The van der Waals surface area contributed by atoms with Gasteiger partial charge in [-0.3, -0.25) is 0 Å². The van der Waals surface area contributed by atoms with Gasteiger partial charge in [-0.1, -0.05) is 114 Å². The summed E-state index contributed by atoms with van der Waals surface area (Å²) in [5.74, 6) is 0.662. The van der Waals surface area contributed by atoms with Crippen molar-refractivity contribution in [1.29, 1.82) is 0 Å². The number of aromatic hydroxyl groups is 1. The molecule has 39 heavy (non-hydrogen) atoms. The molecule has 1 aliphatic rings. The van der Waals surface area contributed by atoms with Crippen LogP contribution in [-0.4, -0.2) is 12.4 Å². The van der Waals surface area contributed by atoms with Crippen LogP contribution in [0, 0.1) is 0 Å². The summed E-state index contributed by atoms with van der Waals surface area (Å²) in [4.78, 5) is 0. The van der Waals surface area contributed by atoms with Gasteiger partial charge >= 0.3 is 7.32 Å². The number of hydrogen-bond acceptors (Lipinski definition) is 4. The Morgan fingerprint density at radius 3 is 1.90 bits per heavy atom. The van der Waals surface area contributed by atoms with E-state index in [-0.39, 0.29) is 12.4 Å². The Morgan fingerprint density at radius 1 is 0.744 bits per heavy atom. The maximum atomic E-state index is 10.5. The third kappa shape index (κ3) is 11.2. The SMILES string of the molecule is CCCCCCCCCc1cc(Cl)c(O)c(COB2OCc3cc(CCCCCCCCC)cc(Cl)c3O2)c1. The van der Waals surface area contributed by atoms with Crippen LogP contribution in [0.2, 0.25) is 10.0 Å². The average molecular weight is 577 g/mol. The molecule has 2 aromatic carbocycles. The highest BCUT2D eigenvalue weighted by Crippen LogP contribution is 2.36. The fraction of sp³-hybridized carbons (Fsp3) is 0.625. The lowest BCUT2D eigenvalue weighted by atomic mass is 10.0. The maximum Gasteiger partial charge on any atom is 0.713 e. The fourth-order valence-corrected chi connectivity index (χ4v) is 5.74. The molecule has 3 rings (SSSR count). The Labute approximate surface area is 246 Å². The second kappa shape index (κ2) is 18.1. The van der Waals surface area contributed by atoms with Gasteiger partial charge in [0.05, 0.1) is 23.3 Å². The summed E-state index contributed by atoms with van der Waals surface area (Å²) in [6, 6.07) is 7.95. The van der Waals surface area contributed by atoms with E-state index in [9.17, 15) is 5.11 Å². The highest BCUT2D eigenvalue weighted by molar-refractivity contribution is 6.39. The molecule has 0 bridgehead atoms. The van der Waals surface area contributed by atoms with Gasteiger partial charge < -0.3 is 19.1 Å². The quantitative estimate of drug-likeness (QED) is 0.133. The molecule has 0 radical (unpaired) electrons. The summed E-state index contributed by atoms with van der Waals surface area (Å²) in [6.07, 6.45) is 19.8. The van der Waals surface area contributed by atoms with Gasteiger partial charge in [0.15, 0.2) is 0 Å². The molecule has 0 spiro atoms. The summed E-state index contributed by atoms with van der Waals surface area (Å²) < 4.78 is 17.6. The number of aryl methyl sites for hydroxylation is 2. The maximum absolute atomic E-state index is 10.5. The zero-order valence-electron chi connectivity index (χ0n) is 24.0. The molecule has 1 N–H and O–H groups in total. The smallest absolute Gasteiger partial charge is 0.510 e. The molecule has 2 aromatic rings. The minimum Gasteiger partial charge on any atom is -0.510 e. The highest BCUT2D eigenvalue weighted by atomic mass is 35.5. The first-order valence-corrected chi connectivity index (χ1v) is 16.0. The summed E-state index contributed by atoms with van der Waals surface area (Å²) >= 11 is 12.9. The molecule has 0 atom stereocenters. The van der Waals surface area contributed by atoms with Crippen molar-refractivity contribution in [2.45, 2.75) is 130 Å². The largest absolute Gasteiger partial charge is 0.713 e. The predicted octanol–water partition coefficient (Wildman–Crippen LogP) is 10.4. The van der Waals surface area contributed by atoms with E-state index in [0.717, 1.165) is 30.4 Å². The van der Waals surface area contributed by atoms with Gasteiger partial charge in [0.1, 0.15) is 11.5 Å². The zero-order chi connectivity index (χ0) is 27.9. The van der Waals surface area contributed by atoms with Crippen LogP contribution in [0.25, 0.3) is 0 Å². The van der Waals surface area contributed by atoms with E-state index >= 15 is 0 Å². The second-order valence-corrected chi connectivity index (χ2v) is 11.7. The van der Waals surface area contributed by atoms with Crippen molar-refractivity contribution in [1.82, 2.24) is 0 Å². The van der Waals surface area contributed by atoms with Gasteiger partial charge in [-0.05, 0) is 61.1 Å². The average Bonchev–Trinajstić information content (AvgIpc) is 2.93. The van der Waals surface area contributed by atoms with Crippen molar-refractivity contribution >= 4 is 30.5 Å². The second-order valence-electron chi connectivity index (χ2n) is 10.9. The number of hydrogen-bond donors (Lipinski definition) is 1. The first-order valence-electron chi connectivity index (χ1n) is 15.2. The predicted molar refractivity (Wildman–Crippen MR) is 164 cm³/mol. The molecule has 0 aromatic heterocycles. The van der Waals surface area contributed by atoms with Crippen LogP contribution in [0.5, 0.6) is 11.5 Å². The van der Waals surface area contributed by atoms with Crippen molar-refractivity contribution in [3.8, 4) is 11.5 Å². The van der Waals surface area contributed by atoms with Crippen LogP contribution >= 0.6 is 23.2 Å². The lowest BCUT2D eigenvalue weighted by Gasteiger charge is -2.24. The molecule has 0 saturated carbocycles. The van der Waals surface area contributed by atoms with E-state index in [1.807, 2.05) is 18.2 Å². The van der Waals surface area contributed by atoms with E-state index in [4.69, 9.17) is 37.2 Å². The molecular formula is C32H47BCl2O4. The first kappa shape index (κ1) is 32.1. The Hall–Kier alpha value is -1.40. The third-order valence-electron chi connectivity index (χ3n) is 7.48. The fourth-order valence-electron chi connectivity index (χ4n) is 5.17. The minimum atomic E-state index is -0.895. The van der Waals surface area contributed by atoms with E-state index in [0.29, 0.717) is 28.0 Å². The number of phenols is 1. The van der Waals surface area contributed by atoms with Gasteiger partial charge in [0.2, 0.25) is 0 Å². The number of fused-ring (bicyclic) bond motifs is 1. The molecule has 1 heterocycles. The van der Waals surface area contributed by atoms with Gasteiger partial charge in [0, 0.05) is 11.1 Å². The molecule has 0 fully saturated rings. The van der Waals surface area contributed by atoms with Gasteiger partial charge in [-0.2, -0.15) is 0 Å². The Balaban J connectivity index is 1.46. The van der Waals surface area contributed by atoms with Crippen LogP contribution in [0.4, 0.5) is 0 Å². The van der Waals surface area contributed by atoms with Crippen molar-refractivity contribution in [2.24, 2.45) is 0 Å². The Morgan fingerprint density at radius 2 is 1.28 bits per heavy atom. The van der Waals surface area contributed by atoms with Gasteiger partial charge in [-0.25, -0.2) is 0 Å². The third-order valence-corrected chi connectivity index (χ3v) is 8.05. The van der Waals surface area contributed by atoms with E-state index < -0.39 is 7.32 Å². The lowest BCUT2D eigenvalue weighted by molar-refractivity contribution is 0.110. The van der Waals surface area contributed by atoms with Crippen LogP contribution < -0.4 is 4.65 Å². The van der Waals surface area contributed by atoms with Crippen molar-refractivity contribution in [2.75, 3.05) is 0 Å². The highest BCUT2D eigenvalue weighted by Gasteiger charge is 2.32. The summed E-state index contributed by atoms with van der Waals surface area (Å²) in [6.45, 7) is 4.99. The van der Waals surface area contributed by atoms with Crippen molar-refractivity contribution in [3.63, 3.8) is 0 Å². The van der Waals surface area contributed by atoms with Crippen molar-refractivity contribution in [3.05, 3.63) is 56.6 Å². The molecule has 7 heteroatoms. The summed E-state index contributed by atoms with van der Waals surface area (Å²) in [7, 11) is -0.895. The van der Waals surface area contributed by atoms with Crippen LogP contribution in [0.3, 0.4) is 0 Å². The molecule has 4 nitrogen and oxygen atoms in total. The molecule has 216 valence electrons. The topological polar surface area (TPSA) is 47.9 Å². The van der Waals surface area contributed by atoms with Crippen LogP contribution in [0.1, 0.15) is 126 Å². The van der Waals surface area contributed by atoms with E-state index in [2.05, 4.69) is 19.9 Å². The lowest BCUT2D eigenvalue weighted by Crippen LogP contribution is -2.34. The zero-order valence-corrected chi connectivity index (χ0v) is 25.6. The number of halogens is 2.